The van der Waals surface area contributed by atoms with Crippen LogP contribution < -0.4 is 0 Å². The van der Waals surface area contributed by atoms with Crippen LogP contribution in [0.5, 0.6) is 0 Å². The number of hydrogen-bond donors (Lipinski definition) is 0. The highest BCUT2D eigenvalue weighted by Crippen LogP contribution is 2.13. The van der Waals surface area contributed by atoms with E-state index in [1.807, 2.05) is 45.1 Å². The molecule has 92 valence electrons. The van der Waals surface area contributed by atoms with E-state index >= 15 is 0 Å². The number of hydrogen-bond acceptors (Lipinski definition) is 2. The van der Waals surface area contributed by atoms with Crippen molar-refractivity contribution in [2.45, 2.75) is 26.7 Å². The molecule has 0 saturated heterocycles. The van der Waals surface area contributed by atoms with E-state index in [1.54, 1.807) is 6.08 Å². The topological polar surface area (TPSA) is 20.3 Å². The van der Waals surface area contributed by atoms with E-state index in [2.05, 4.69) is 13.5 Å². The molecule has 2 nitrogen and oxygen atoms in total. The SMILES string of the molecule is C=C/C=C(CCC)\C(C=O)=C/C.CN(C)C. The van der Waals surface area contributed by atoms with Crippen molar-refractivity contribution in [3.8, 4) is 0 Å². The normalized spacial score (nSPS) is 11.9. The van der Waals surface area contributed by atoms with Crippen molar-refractivity contribution >= 4 is 6.29 Å². The van der Waals surface area contributed by atoms with Crippen LogP contribution in [0, 0.1) is 0 Å². The minimum Gasteiger partial charge on any atom is -0.312 e. The van der Waals surface area contributed by atoms with Gasteiger partial charge < -0.3 is 4.90 Å². The van der Waals surface area contributed by atoms with Crippen LogP contribution in [0.3, 0.4) is 0 Å². The zero-order valence-corrected chi connectivity index (χ0v) is 11.3. The van der Waals surface area contributed by atoms with Crippen LogP contribution in [0.4, 0.5) is 0 Å². The van der Waals surface area contributed by atoms with Gasteiger partial charge in [0, 0.05) is 5.57 Å². The van der Waals surface area contributed by atoms with Gasteiger partial charge in [0.05, 0.1) is 0 Å². The van der Waals surface area contributed by atoms with Crippen LogP contribution in [-0.4, -0.2) is 32.3 Å². The third-order valence-electron chi connectivity index (χ3n) is 1.65. The van der Waals surface area contributed by atoms with E-state index in [-0.39, 0.29) is 0 Å². The first-order valence-corrected chi connectivity index (χ1v) is 5.57. The third-order valence-corrected chi connectivity index (χ3v) is 1.65. The van der Waals surface area contributed by atoms with Crippen molar-refractivity contribution in [2.75, 3.05) is 21.1 Å². The minimum absolute atomic E-state index is 0.775. The molecule has 0 aliphatic carbocycles. The molecule has 0 aromatic heterocycles. The Kier molecular flexibility index (Phi) is 12.9. The summed E-state index contributed by atoms with van der Waals surface area (Å²) in [7, 11) is 6.00. The first-order valence-electron chi connectivity index (χ1n) is 5.57. The highest BCUT2D eigenvalue weighted by molar-refractivity contribution is 5.80. The lowest BCUT2D eigenvalue weighted by molar-refractivity contribution is -0.104. The molecule has 16 heavy (non-hydrogen) atoms. The molecule has 0 spiro atoms. The summed E-state index contributed by atoms with van der Waals surface area (Å²) in [4.78, 5) is 12.6. The Morgan fingerprint density at radius 1 is 1.31 bits per heavy atom. The van der Waals surface area contributed by atoms with Crippen molar-refractivity contribution < 1.29 is 4.79 Å². The predicted octanol–water partition coefficient (Wildman–Crippen LogP) is 3.22. The lowest BCUT2D eigenvalue weighted by atomic mass is 10.0. The molecule has 0 amide bonds. The fourth-order valence-electron chi connectivity index (χ4n) is 1.06. The van der Waals surface area contributed by atoms with Crippen molar-refractivity contribution in [3.63, 3.8) is 0 Å². The molecule has 0 aromatic rings. The smallest absolute Gasteiger partial charge is 0.149 e. The van der Waals surface area contributed by atoms with Gasteiger partial charge in [-0.15, -0.1) is 0 Å². The maximum atomic E-state index is 10.6. The quantitative estimate of drug-likeness (QED) is 0.405. The van der Waals surface area contributed by atoms with Crippen LogP contribution >= 0.6 is 0 Å². The van der Waals surface area contributed by atoms with Crippen molar-refractivity contribution in [3.05, 3.63) is 36.0 Å². The largest absolute Gasteiger partial charge is 0.312 e. The third kappa shape index (κ3) is 10.9. The first kappa shape index (κ1) is 17.3. The summed E-state index contributed by atoms with van der Waals surface area (Å²) in [6, 6.07) is 0. The van der Waals surface area contributed by atoms with Gasteiger partial charge in [-0.3, -0.25) is 4.79 Å². The van der Waals surface area contributed by atoms with E-state index in [9.17, 15) is 4.79 Å². The molecular formula is C14H25NO. The number of nitrogens with zero attached hydrogens (tertiary/aromatic N) is 1. The van der Waals surface area contributed by atoms with Crippen LogP contribution in [0.2, 0.25) is 0 Å². The van der Waals surface area contributed by atoms with Gasteiger partial charge in [0.1, 0.15) is 6.29 Å². The Morgan fingerprint density at radius 2 is 1.81 bits per heavy atom. The van der Waals surface area contributed by atoms with E-state index in [1.165, 1.54) is 0 Å². The number of carbonyl (C=O) groups is 1. The van der Waals surface area contributed by atoms with Gasteiger partial charge in [-0.05, 0) is 40.1 Å². The maximum absolute atomic E-state index is 10.6. The summed E-state index contributed by atoms with van der Waals surface area (Å²) in [5.41, 5.74) is 1.85. The fourth-order valence-corrected chi connectivity index (χ4v) is 1.06. The summed E-state index contributed by atoms with van der Waals surface area (Å²) >= 11 is 0. The Morgan fingerprint density at radius 3 is 2.06 bits per heavy atom. The molecule has 0 radical (unpaired) electrons. The highest BCUT2D eigenvalue weighted by atomic mass is 16.1. The van der Waals surface area contributed by atoms with Crippen LogP contribution in [0.25, 0.3) is 0 Å². The van der Waals surface area contributed by atoms with Gasteiger partial charge in [-0.25, -0.2) is 0 Å². The Balaban J connectivity index is 0. The number of aldehydes is 1. The lowest BCUT2D eigenvalue weighted by Gasteiger charge is -2.02. The van der Waals surface area contributed by atoms with Gasteiger partial charge in [0.15, 0.2) is 0 Å². The second-order valence-electron chi connectivity index (χ2n) is 3.88. The van der Waals surface area contributed by atoms with E-state index in [0.717, 1.165) is 30.3 Å². The zero-order chi connectivity index (χ0) is 13.0. The molecule has 2 heteroatoms. The van der Waals surface area contributed by atoms with Gasteiger partial charge in [0.2, 0.25) is 0 Å². The van der Waals surface area contributed by atoms with Crippen LogP contribution in [0.15, 0.2) is 36.0 Å². The average molecular weight is 223 g/mol. The molecule has 0 atom stereocenters. The molecule has 0 aromatic carbocycles. The van der Waals surface area contributed by atoms with E-state index in [4.69, 9.17) is 0 Å². The number of allylic oxidation sites excluding steroid dienone is 5. The van der Waals surface area contributed by atoms with Crippen LogP contribution in [-0.2, 0) is 4.79 Å². The van der Waals surface area contributed by atoms with E-state index < -0.39 is 0 Å². The number of rotatable bonds is 5. The standard InChI is InChI=1S/C11H16O.C3H9N/c1-4-7-11(8-5-2)10(6-3)9-12;1-4(2)3/h4,6-7,9H,1,5,8H2,2-3H3;1-3H3/b10-6-,11-7-;. The highest BCUT2D eigenvalue weighted by Gasteiger charge is 1.99. The summed E-state index contributed by atoms with van der Waals surface area (Å²) in [6.45, 7) is 7.58. The maximum Gasteiger partial charge on any atom is 0.149 e. The minimum atomic E-state index is 0.775. The lowest BCUT2D eigenvalue weighted by Crippen LogP contribution is -1.99. The molecule has 0 rings (SSSR count). The molecule has 0 aliphatic rings. The zero-order valence-electron chi connectivity index (χ0n) is 11.3. The fraction of sp³-hybridized carbons (Fsp3) is 0.500. The first-order chi connectivity index (χ1) is 7.53. The van der Waals surface area contributed by atoms with Crippen molar-refractivity contribution in [2.24, 2.45) is 0 Å². The Labute approximate surface area is 100 Å². The molecule has 0 heterocycles. The molecule has 0 fully saturated rings. The van der Waals surface area contributed by atoms with E-state index in [0.29, 0.717) is 0 Å². The average Bonchev–Trinajstić information content (AvgIpc) is 2.19. The molecule has 0 unspecified atom stereocenters. The van der Waals surface area contributed by atoms with Gasteiger partial charge in [0.25, 0.3) is 0 Å². The molecule has 0 saturated carbocycles. The molecular weight excluding hydrogens is 198 g/mol. The summed E-state index contributed by atoms with van der Waals surface area (Å²) in [5.74, 6) is 0. The summed E-state index contributed by atoms with van der Waals surface area (Å²) in [5, 5.41) is 0. The van der Waals surface area contributed by atoms with Crippen molar-refractivity contribution in [1.29, 1.82) is 0 Å². The molecule has 0 N–H and O–H groups in total. The second kappa shape index (κ2) is 11.9. The summed E-state index contributed by atoms with van der Waals surface area (Å²) in [6.07, 6.45) is 8.32. The molecule has 0 aliphatic heterocycles. The predicted molar refractivity (Wildman–Crippen MR) is 72.6 cm³/mol. The monoisotopic (exact) mass is 223 g/mol. The van der Waals surface area contributed by atoms with Gasteiger partial charge in [-0.1, -0.05) is 38.2 Å². The van der Waals surface area contributed by atoms with Gasteiger partial charge >= 0.3 is 0 Å². The van der Waals surface area contributed by atoms with Gasteiger partial charge in [-0.2, -0.15) is 0 Å². The Hall–Kier alpha value is -1.15. The summed E-state index contributed by atoms with van der Waals surface area (Å²) < 4.78 is 0. The van der Waals surface area contributed by atoms with Crippen molar-refractivity contribution in [1.82, 2.24) is 4.90 Å². The second-order valence-corrected chi connectivity index (χ2v) is 3.88. The molecule has 0 bridgehead atoms. The number of carbonyl (C=O) groups excluding carboxylic acids is 1. The van der Waals surface area contributed by atoms with Crippen LogP contribution in [0.1, 0.15) is 26.7 Å². The Bertz CT molecular complexity index is 247.